The molecule has 2 N–H and O–H groups in total. The van der Waals surface area contributed by atoms with Gasteiger partial charge in [-0.25, -0.2) is 4.98 Å². The number of nitrogens with zero attached hydrogens (tertiary/aromatic N) is 2. The van der Waals surface area contributed by atoms with E-state index in [4.69, 9.17) is 5.11 Å². The number of carboxylic acids is 1. The summed E-state index contributed by atoms with van der Waals surface area (Å²) in [6.45, 7) is 4.97. The third-order valence-electron chi connectivity index (χ3n) is 2.46. The lowest BCUT2D eigenvalue weighted by Gasteiger charge is -2.14. The molecule has 16 heavy (non-hydrogen) atoms. The summed E-state index contributed by atoms with van der Waals surface area (Å²) in [7, 11) is 0. The van der Waals surface area contributed by atoms with E-state index in [1.54, 1.807) is 6.20 Å². The SMILES string of the molecule is CCn1ccnc1NC(C)CCCC(=O)O. The standard InChI is InChI=1S/C11H19N3O2/c1-3-14-8-7-12-11(14)13-9(2)5-4-6-10(15)16/h7-9H,3-6H2,1-2H3,(H,12,13)(H,15,16). The summed E-state index contributed by atoms with van der Waals surface area (Å²) in [4.78, 5) is 14.6. The Balaban J connectivity index is 2.33. The fourth-order valence-electron chi connectivity index (χ4n) is 1.56. The van der Waals surface area contributed by atoms with Gasteiger partial charge in [-0.1, -0.05) is 0 Å². The first kappa shape index (κ1) is 12.5. The van der Waals surface area contributed by atoms with Crippen LogP contribution in [-0.4, -0.2) is 26.7 Å². The van der Waals surface area contributed by atoms with Crippen molar-refractivity contribution in [2.75, 3.05) is 5.32 Å². The molecule has 1 aromatic heterocycles. The van der Waals surface area contributed by atoms with Gasteiger partial charge in [-0.15, -0.1) is 0 Å². The summed E-state index contributed by atoms with van der Waals surface area (Å²) in [6.07, 6.45) is 5.44. The van der Waals surface area contributed by atoms with Crippen LogP contribution in [0, 0.1) is 0 Å². The molecule has 5 heteroatoms. The van der Waals surface area contributed by atoms with Crippen LogP contribution in [0.5, 0.6) is 0 Å². The molecule has 0 aliphatic heterocycles. The van der Waals surface area contributed by atoms with Gasteiger partial charge in [0.15, 0.2) is 0 Å². The van der Waals surface area contributed by atoms with Crippen molar-refractivity contribution in [3.05, 3.63) is 12.4 Å². The van der Waals surface area contributed by atoms with Crippen LogP contribution < -0.4 is 5.32 Å². The molecular weight excluding hydrogens is 206 g/mol. The predicted molar refractivity (Wildman–Crippen MR) is 62.5 cm³/mol. The minimum absolute atomic E-state index is 0.230. The van der Waals surface area contributed by atoms with Gasteiger partial charge >= 0.3 is 5.97 Å². The van der Waals surface area contributed by atoms with E-state index in [9.17, 15) is 4.79 Å². The second kappa shape index (κ2) is 6.15. The Morgan fingerprint density at radius 1 is 1.69 bits per heavy atom. The van der Waals surface area contributed by atoms with Gasteiger partial charge in [0.1, 0.15) is 0 Å². The predicted octanol–water partition coefficient (Wildman–Crippen LogP) is 1.96. The Kier molecular flexibility index (Phi) is 4.82. The summed E-state index contributed by atoms with van der Waals surface area (Å²) in [5.41, 5.74) is 0. The van der Waals surface area contributed by atoms with Crippen molar-refractivity contribution < 1.29 is 9.90 Å². The molecule has 0 aliphatic rings. The second-order valence-electron chi connectivity index (χ2n) is 3.87. The highest BCUT2D eigenvalue weighted by atomic mass is 16.4. The van der Waals surface area contributed by atoms with Crippen LogP contribution in [-0.2, 0) is 11.3 Å². The van der Waals surface area contributed by atoms with Gasteiger partial charge in [0.25, 0.3) is 0 Å². The fourth-order valence-corrected chi connectivity index (χ4v) is 1.56. The first-order valence-corrected chi connectivity index (χ1v) is 5.63. The maximum atomic E-state index is 10.4. The molecule has 1 rings (SSSR count). The number of aliphatic carboxylic acids is 1. The second-order valence-corrected chi connectivity index (χ2v) is 3.87. The Labute approximate surface area is 95.5 Å². The van der Waals surface area contributed by atoms with Crippen LogP contribution in [0.25, 0.3) is 0 Å². The van der Waals surface area contributed by atoms with Crippen molar-refractivity contribution in [2.24, 2.45) is 0 Å². The molecule has 90 valence electrons. The topological polar surface area (TPSA) is 67.2 Å². The molecule has 0 saturated carbocycles. The van der Waals surface area contributed by atoms with Crippen molar-refractivity contribution >= 4 is 11.9 Å². The summed E-state index contributed by atoms with van der Waals surface area (Å²) in [5, 5.41) is 11.8. The summed E-state index contributed by atoms with van der Waals surface area (Å²) in [5.74, 6) is 0.118. The number of aromatic nitrogens is 2. The zero-order valence-corrected chi connectivity index (χ0v) is 9.81. The quantitative estimate of drug-likeness (QED) is 0.744. The molecule has 0 aromatic carbocycles. The van der Waals surface area contributed by atoms with Gasteiger partial charge in [-0.2, -0.15) is 0 Å². The van der Waals surface area contributed by atoms with E-state index in [0.29, 0.717) is 6.42 Å². The van der Waals surface area contributed by atoms with E-state index in [1.807, 2.05) is 17.7 Å². The number of carboxylic acid groups (broad SMARTS) is 1. The number of aryl methyl sites for hydroxylation is 1. The van der Waals surface area contributed by atoms with E-state index in [0.717, 1.165) is 18.9 Å². The number of hydrogen-bond donors (Lipinski definition) is 2. The smallest absolute Gasteiger partial charge is 0.303 e. The normalized spacial score (nSPS) is 12.4. The first-order chi connectivity index (χ1) is 7.63. The van der Waals surface area contributed by atoms with Gasteiger partial charge in [-0.3, -0.25) is 4.79 Å². The van der Waals surface area contributed by atoms with Crippen molar-refractivity contribution in [3.8, 4) is 0 Å². The number of rotatable bonds is 7. The Hall–Kier alpha value is -1.52. The molecule has 1 aromatic rings. The lowest BCUT2D eigenvalue weighted by Crippen LogP contribution is -2.18. The molecule has 0 aliphatic carbocycles. The van der Waals surface area contributed by atoms with E-state index in [2.05, 4.69) is 17.2 Å². The minimum atomic E-state index is -0.734. The van der Waals surface area contributed by atoms with Gasteiger partial charge in [0, 0.05) is 31.4 Å². The average Bonchev–Trinajstić information content (AvgIpc) is 2.64. The molecule has 0 spiro atoms. The molecule has 0 saturated heterocycles. The van der Waals surface area contributed by atoms with E-state index in [-0.39, 0.29) is 12.5 Å². The van der Waals surface area contributed by atoms with Gasteiger partial charge < -0.3 is 15.0 Å². The Bertz CT molecular complexity index is 336. The lowest BCUT2D eigenvalue weighted by atomic mass is 10.1. The number of nitrogens with one attached hydrogen (secondary N) is 1. The Morgan fingerprint density at radius 2 is 2.44 bits per heavy atom. The van der Waals surface area contributed by atoms with Gasteiger partial charge in [0.05, 0.1) is 0 Å². The van der Waals surface area contributed by atoms with Crippen molar-refractivity contribution in [2.45, 2.75) is 45.7 Å². The number of hydrogen-bond acceptors (Lipinski definition) is 3. The highest BCUT2D eigenvalue weighted by Crippen LogP contribution is 2.09. The molecule has 5 nitrogen and oxygen atoms in total. The third-order valence-corrected chi connectivity index (χ3v) is 2.46. The van der Waals surface area contributed by atoms with E-state index in [1.165, 1.54) is 0 Å². The highest BCUT2D eigenvalue weighted by Gasteiger charge is 2.07. The van der Waals surface area contributed by atoms with Crippen LogP contribution in [0.15, 0.2) is 12.4 Å². The zero-order valence-electron chi connectivity index (χ0n) is 9.81. The molecule has 1 heterocycles. The summed E-state index contributed by atoms with van der Waals surface area (Å²) < 4.78 is 2.02. The van der Waals surface area contributed by atoms with E-state index < -0.39 is 5.97 Å². The van der Waals surface area contributed by atoms with Crippen LogP contribution >= 0.6 is 0 Å². The highest BCUT2D eigenvalue weighted by molar-refractivity contribution is 5.66. The summed E-state index contributed by atoms with van der Waals surface area (Å²) >= 11 is 0. The summed E-state index contributed by atoms with van der Waals surface area (Å²) in [6, 6.07) is 0.243. The van der Waals surface area contributed by atoms with Crippen LogP contribution in [0.3, 0.4) is 0 Å². The number of anilines is 1. The van der Waals surface area contributed by atoms with Crippen molar-refractivity contribution in [1.29, 1.82) is 0 Å². The third kappa shape index (κ3) is 3.92. The molecule has 0 radical (unpaired) electrons. The molecular formula is C11H19N3O2. The number of imidazole rings is 1. The molecule has 1 unspecified atom stereocenters. The fraction of sp³-hybridized carbons (Fsp3) is 0.636. The largest absolute Gasteiger partial charge is 0.481 e. The first-order valence-electron chi connectivity index (χ1n) is 5.63. The Morgan fingerprint density at radius 3 is 3.06 bits per heavy atom. The van der Waals surface area contributed by atoms with Crippen LogP contribution in [0.2, 0.25) is 0 Å². The average molecular weight is 225 g/mol. The van der Waals surface area contributed by atoms with Crippen molar-refractivity contribution in [1.82, 2.24) is 9.55 Å². The molecule has 1 atom stereocenters. The van der Waals surface area contributed by atoms with Gasteiger partial charge in [-0.05, 0) is 26.7 Å². The zero-order chi connectivity index (χ0) is 12.0. The van der Waals surface area contributed by atoms with Crippen LogP contribution in [0.4, 0.5) is 5.95 Å². The monoisotopic (exact) mass is 225 g/mol. The number of carbonyl (C=O) groups is 1. The van der Waals surface area contributed by atoms with E-state index >= 15 is 0 Å². The minimum Gasteiger partial charge on any atom is -0.481 e. The lowest BCUT2D eigenvalue weighted by molar-refractivity contribution is -0.137. The molecule has 0 amide bonds. The molecule has 0 bridgehead atoms. The van der Waals surface area contributed by atoms with Gasteiger partial charge in [0.2, 0.25) is 5.95 Å². The maximum absolute atomic E-state index is 10.4. The van der Waals surface area contributed by atoms with Crippen molar-refractivity contribution in [3.63, 3.8) is 0 Å². The van der Waals surface area contributed by atoms with Crippen LogP contribution in [0.1, 0.15) is 33.1 Å². The maximum Gasteiger partial charge on any atom is 0.303 e. The molecule has 0 fully saturated rings.